The monoisotopic (exact) mass is 385 g/mol. The molecule has 0 spiro atoms. The highest BCUT2D eigenvalue weighted by molar-refractivity contribution is 7.87. The maximum absolute atomic E-state index is 12.4. The lowest BCUT2D eigenvalue weighted by atomic mass is 10.0. The van der Waals surface area contributed by atoms with E-state index in [0.717, 1.165) is 0 Å². The molecule has 1 unspecified atom stereocenters. The fourth-order valence-corrected chi connectivity index (χ4v) is 4.08. The molecule has 2 rings (SSSR count). The van der Waals surface area contributed by atoms with Crippen molar-refractivity contribution in [1.82, 2.24) is 5.32 Å². The van der Waals surface area contributed by atoms with Crippen LogP contribution in [0, 0.1) is 5.92 Å². The van der Waals surface area contributed by atoms with E-state index in [0.29, 0.717) is 24.0 Å². The highest BCUT2D eigenvalue weighted by Gasteiger charge is 2.37. The van der Waals surface area contributed by atoms with Crippen molar-refractivity contribution in [3.05, 3.63) is 17.7 Å². The summed E-state index contributed by atoms with van der Waals surface area (Å²) in [6, 6.07) is 2.13. The van der Waals surface area contributed by atoms with Crippen LogP contribution in [0.3, 0.4) is 0 Å². The maximum Gasteiger partial charge on any atom is 0.298 e. The van der Waals surface area contributed by atoms with Crippen molar-refractivity contribution in [3.8, 4) is 11.5 Å². The zero-order valence-electron chi connectivity index (χ0n) is 15.1. The first-order chi connectivity index (χ1) is 12.2. The lowest BCUT2D eigenvalue weighted by Gasteiger charge is -2.26. The van der Waals surface area contributed by atoms with E-state index >= 15 is 0 Å². The molecule has 0 aliphatic carbocycles. The van der Waals surface area contributed by atoms with Crippen molar-refractivity contribution in [2.45, 2.75) is 43.7 Å². The number of carbonyl (C=O) groups is 2. The van der Waals surface area contributed by atoms with E-state index in [9.17, 15) is 18.0 Å². The Kier molecular flexibility index (Phi) is 6.25. The van der Waals surface area contributed by atoms with Crippen LogP contribution in [-0.4, -0.2) is 47.0 Å². The molecule has 9 heteroatoms. The van der Waals surface area contributed by atoms with E-state index < -0.39 is 28.2 Å². The number of ether oxygens (including phenoxy) is 2. The first-order valence-electron chi connectivity index (χ1n) is 8.15. The Labute approximate surface area is 152 Å². The molecule has 0 aromatic heterocycles. The van der Waals surface area contributed by atoms with Crippen LogP contribution in [0.5, 0.6) is 11.5 Å². The van der Waals surface area contributed by atoms with Crippen LogP contribution in [0.4, 0.5) is 0 Å². The van der Waals surface area contributed by atoms with Crippen LogP contribution in [0.25, 0.3) is 0 Å². The number of rotatable bonds is 7. The summed E-state index contributed by atoms with van der Waals surface area (Å²) in [6.07, 6.45) is -0.123. The zero-order chi connectivity index (χ0) is 19.5. The third-order valence-electron chi connectivity index (χ3n) is 3.99. The summed E-state index contributed by atoms with van der Waals surface area (Å²) in [6.45, 7) is 3.83. The molecule has 1 aliphatic heterocycles. The molecule has 0 fully saturated rings. The van der Waals surface area contributed by atoms with E-state index in [2.05, 4.69) is 5.32 Å². The van der Waals surface area contributed by atoms with Crippen molar-refractivity contribution in [3.63, 3.8) is 0 Å². The lowest BCUT2D eigenvalue weighted by molar-refractivity contribution is -0.130. The van der Waals surface area contributed by atoms with Gasteiger partial charge in [0.15, 0.2) is 17.6 Å². The first-order valence-corrected chi connectivity index (χ1v) is 9.56. The van der Waals surface area contributed by atoms with E-state index in [1.807, 2.05) is 13.8 Å². The molecule has 1 heterocycles. The van der Waals surface area contributed by atoms with Crippen LogP contribution in [0.15, 0.2) is 17.0 Å². The molecule has 0 saturated carbocycles. The maximum atomic E-state index is 12.4. The summed E-state index contributed by atoms with van der Waals surface area (Å²) in [5.74, 6) is 0.151. The summed E-state index contributed by atoms with van der Waals surface area (Å²) >= 11 is 0. The normalized spacial score (nSPS) is 19.3. The Morgan fingerprint density at radius 3 is 2.46 bits per heavy atom. The van der Waals surface area contributed by atoms with Crippen molar-refractivity contribution in [2.24, 2.45) is 5.92 Å². The number of amides is 1. The third-order valence-corrected chi connectivity index (χ3v) is 5.40. The third kappa shape index (κ3) is 4.34. The summed E-state index contributed by atoms with van der Waals surface area (Å²) in [5, 5.41) is 2.54. The van der Waals surface area contributed by atoms with E-state index in [1.54, 1.807) is 0 Å². The van der Waals surface area contributed by atoms with Crippen molar-refractivity contribution >= 4 is 22.3 Å². The second-order valence-electron chi connectivity index (χ2n) is 6.44. The fourth-order valence-electron chi connectivity index (χ4n) is 2.80. The van der Waals surface area contributed by atoms with Gasteiger partial charge in [-0.2, -0.15) is 8.42 Å². The molecule has 2 atom stereocenters. The van der Waals surface area contributed by atoms with Gasteiger partial charge in [-0.3, -0.25) is 8.98 Å². The largest absolute Gasteiger partial charge is 0.493 e. The number of hydrogen-bond donors (Lipinski definition) is 1. The Bertz CT molecular complexity index is 789. The van der Waals surface area contributed by atoms with Crippen molar-refractivity contribution < 1.29 is 31.7 Å². The minimum atomic E-state index is -4.14. The first kappa shape index (κ1) is 20.2. The van der Waals surface area contributed by atoms with Gasteiger partial charge in [0.1, 0.15) is 11.2 Å². The number of aldehydes is 1. The van der Waals surface area contributed by atoms with Gasteiger partial charge < -0.3 is 19.6 Å². The Balaban J connectivity index is 2.29. The second-order valence-corrected chi connectivity index (χ2v) is 7.98. The molecule has 1 amide bonds. The van der Waals surface area contributed by atoms with Gasteiger partial charge in [0.2, 0.25) is 0 Å². The van der Waals surface area contributed by atoms with E-state index in [4.69, 9.17) is 13.7 Å². The predicted molar refractivity (Wildman–Crippen MR) is 92.8 cm³/mol. The van der Waals surface area contributed by atoms with Crippen molar-refractivity contribution in [1.29, 1.82) is 0 Å². The average Bonchev–Trinajstić information content (AvgIpc) is 2.58. The van der Waals surface area contributed by atoms with E-state index in [-0.39, 0.29) is 23.0 Å². The molecular weight excluding hydrogens is 362 g/mol. The van der Waals surface area contributed by atoms with Gasteiger partial charge in [-0.05, 0) is 24.0 Å². The number of methoxy groups -OCH3 is 2. The smallest absolute Gasteiger partial charge is 0.298 e. The highest BCUT2D eigenvalue weighted by atomic mass is 32.2. The van der Waals surface area contributed by atoms with Gasteiger partial charge in [0.25, 0.3) is 16.0 Å². The van der Waals surface area contributed by atoms with Gasteiger partial charge in [-0.1, -0.05) is 13.8 Å². The summed E-state index contributed by atoms with van der Waals surface area (Å²) in [4.78, 5) is 23.5. The Morgan fingerprint density at radius 1 is 1.31 bits per heavy atom. The number of carbonyl (C=O) groups excluding carboxylic acids is 2. The minimum Gasteiger partial charge on any atom is -0.493 e. The Morgan fingerprint density at radius 2 is 1.92 bits per heavy atom. The van der Waals surface area contributed by atoms with Crippen LogP contribution in [0.2, 0.25) is 0 Å². The van der Waals surface area contributed by atoms with Gasteiger partial charge in [0, 0.05) is 12.5 Å². The fraction of sp³-hybridized carbons (Fsp3) is 0.529. The van der Waals surface area contributed by atoms with Crippen LogP contribution in [-0.2, 0) is 30.3 Å². The molecular formula is C17H23NO7S. The quantitative estimate of drug-likeness (QED) is 0.552. The van der Waals surface area contributed by atoms with Gasteiger partial charge in [0.05, 0.1) is 20.3 Å². The molecule has 1 N–H and O–H groups in total. The number of fused-ring (bicyclic) bond motifs is 1. The lowest BCUT2D eigenvalue weighted by Crippen LogP contribution is -2.46. The molecule has 144 valence electrons. The summed E-state index contributed by atoms with van der Waals surface area (Å²) < 4.78 is 40.2. The van der Waals surface area contributed by atoms with Crippen LogP contribution >= 0.6 is 0 Å². The molecule has 1 aromatic rings. The summed E-state index contributed by atoms with van der Waals surface area (Å²) in [5.41, 5.74) is 0.389. The van der Waals surface area contributed by atoms with E-state index in [1.165, 1.54) is 26.4 Å². The molecule has 26 heavy (non-hydrogen) atoms. The number of hydrogen-bond acceptors (Lipinski definition) is 7. The second kappa shape index (κ2) is 8.05. The number of nitrogens with one attached hydrogen (secondary N) is 1. The standard InChI is InChI=1S/C17H23NO7S/c1-10(2)5-12(9-19)18-17(20)15-7-11-6-13(23-3)14(24-4)8-16(11)26(21,22)25-15/h6,8-10,12,15H,5,7H2,1-4H3,(H,18,20)/t12-,15?/m0/s1. The molecule has 1 aliphatic rings. The Hall–Kier alpha value is -2.13. The van der Waals surface area contributed by atoms with Crippen LogP contribution in [0.1, 0.15) is 25.8 Å². The molecule has 0 bridgehead atoms. The highest BCUT2D eigenvalue weighted by Crippen LogP contribution is 2.37. The van der Waals surface area contributed by atoms with Gasteiger partial charge in [-0.15, -0.1) is 0 Å². The van der Waals surface area contributed by atoms with Crippen LogP contribution < -0.4 is 14.8 Å². The SMILES string of the molecule is COc1cc2c(cc1OC)S(=O)(=O)OC(C(=O)N[C@H](C=O)CC(C)C)C2. The minimum absolute atomic E-state index is 0.0357. The molecule has 8 nitrogen and oxygen atoms in total. The number of benzene rings is 1. The van der Waals surface area contributed by atoms with Crippen molar-refractivity contribution in [2.75, 3.05) is 14.2 Å². The summed E-state index contributed by atoms with van der Waals surface area (Å²) in [7, 11) is -1.32. The zero-order valence-corrected chi connectivity index (χ0v) is 16.0. The molecule has 1 aromatic carbocycles. The van der Waals surface area contributed by atoms with Gasteiger partial charge in [-0.25, -0.2) is 0 Å². The molecule has 0 saturated heterocycles. The topological polar surface area (TPSA) is 108 Å². The average molecular weight is 385 g/mol. The predicted octanol–water partition coefficient (Wildman–Crippen LogP) is 1.06. The molecule has 0 radical (unpaired) electrons. The van der Waals surface area contributed by atoms with Gasteiger partial charge >= 0.3 is 0 Å².